The third kappa shape index (κ3) is 2.09. The highest BCUT2D eigenvalue weighted by Gasteiger charge is 2.43. The maximum atomic E-state index is 12.4. The molecule has 2 bridgehead atoms. The standard InChI is InChI=1S/C14H19N3OS/c18-13(10-6-8-1-2-9(10)5-8)17-14-16-11-3-4-15-7-12(11)19-14/h8-10,15H,1-7H2,(H,16,17,18). The first-order chi connectivity index (χ1) is 9.29. The first kappa shape index (κ1) is 11.9. The van der Waals surface area contributed by atoms with Crippen molar-refractivity contribution in [2.24, 2.45) is 17.8 Å². The van der Waals surface area contributed by atoms with Crippen LogP contribution in [0.2, 0.25) is 0 Å². The quantitative estimate of drug-likeness (QED) is 0.871. The minimum Gasteiger partial charge on any atom is -0.311 e. The van der Waals surface area contributed by atoms with E-state index >= 15 is 0 Å². The summed E-state index contributed by atoms with van der Waals surface area (Å²) in [5.74, 6) is 1.92. The largest absolute Gasteiger partial charge is 0.311 e. The number of nitrogens with one attached hydrogen (secondary N) is 2. The lowest BCUT2D eigenvalue weighted by Gasteiger charge is -2.19. The van der Waals surface area contributed by atoms with Gasteiger partial charge in [-0.15, -0.1) is 11.3 Å². The molecule has 3 atom stereocenters. The molecule has 3 unspecified atom stereocenters. The van der Waals surface area contributed by atoms with Crippen molar-refractivity contribution in [3.63, 3.8) is 0 Å². The number of amides is 1. The lowest BCUT2D eigenvalue weighted by molar-refractivity contribution is -0.121. The third-order valence-corrected chi connectivity index (χ3v) is 5.92. The van der Waals surface area contributed by atoms with Crippen LogP contribution in [0.5, 0.6) is 0 Å². The molecule has 2 fully saturated rings. The fourth-order valence-electron chi connectivity index (χ4n) is 3.94. The van der Waals surface area contributed by atoms with Crippen LogP contribution in [0, 0.1) is 17.8 Å². The second kappa shape index (κ2) is 4.56. The van der Waals surface area contributed by atoms with Gasteiger partial charge in [0.05, 0.1) is 5.69 Å². The van der Waals surface area contributed by atoms with E-state index in [9.17, 15) is 4.79 Å². The second-order valence-electron chi connectivity index (χ2n) is 6.09. The molecular weight excluding hydrogens is 258 g/mol. The molecule has 0 spiro atoms. The predicted octanol–water partition coefficient (Wildman–Crippen LogP) is 2.16. The molecule has 3 aliphatic rings. The van der Waals surface area contributed by atoms with E-state index in [0.717, 1.165) is 37.0 Å². The maximum absolute atomic E-state index is 12.4. The molecule has 0 saturated heterocycles. The molecule has 0 aromatic carbocycles. The number of anilines is 1. The Hall–Kier alpha value is -0.940. The number of carbonyl (C=O) groups is 1. The second-order valence-corrected chi connectivity index (χ2v) is 7.17. The van der Waals surface area contributed by atoms with E-state index in [1.165, 1.54) is 29.8 Å². The molecule has 1 aromatic rings. The van der Waals surface area contributed by atoms with Crippen molar-refractivity contribution < 1.29 is 4.79 Å². The predicted molar refractivity (Wildman–Crippen MR) is 75.1 cm³/mol. The minimum atomic E-state index is 0.214. The first-order valence-electron chi connectivity index (χ1n) is 7.30. The van der Waals surface area contributed by atoms with E-state index in [-0.39, 0.29) is 11.8 Å². The molecule has 2 N–H and O–H groups in total. The number of hydrogen-bond acceptors (Lipinski definition) is 4. The molecule has 1 amide bonds. The van der Waals surface area contributed by atoms with E-state index < -0.39 is 0 Å². The molecule has 19 heavy (non-hydrogen) atoms. The Morgan fingerprint density at radius 2 is 2.32 bits per heavy atom. The molecule has 2 aliphatic carbocycles. The Labute approximate surface area is 117 Å². The van der Waals surface area contributed by atoms with Crippen LogP contribution in [0.1, 0.15) is 36.3 Å². The lowest BCUT2D eigenvalue weighted by atomic mass is 9.88. The Bertz CT molecular complexity index is 489. The lowest BCUT2D eigenvalue weighted by Crippen LogP contribution is -2.27. The van der Waals surface area contributed by atoms with Gasteiger partial charge in [0, 0.05) is 30.3 Å². The van der Waals surface area contributed by atoms with Gasteiger partial charge in [-0.3, -0.25) is 4.79 Å². The Morgan fingerprint density at radius 1 is 1.37 bits per heavy atom. The fraction of sp³-hybridized carbons (Fsp3) is 0.714. The Morgan fingerprint density at radius 3 is 3.05 bits per heavy atom. The van der Waals surface area contributed by atoms with Gasteiger partial charge in [0.1, 0.15) is 0 Å². The summed E-state index contributed by atoms with van der Waals surface area (Å²) in [4.78, 5) is 18.2. The van der Waals surface area contributed by atoms with E-state index in [0.29, 0.717) is 5.92 Å². The van der Waals surface area contributed by atoms with E-state index in [2.05, 4.69) is 15.6 Å². The third-order valence-electron chi connectivity index (χ3n) is 4.91. The van der Waals surface area contributed by atoms with Crippen LogP contribution in [-0.4, -0.2) is 17.4 Å². The summed E-state index contributed by atoms with van der Waals surface area (Å²) in [6.07, 6.45) is 5.95. The Kier molecular flexibility index (Phi) is 2.84. The summed E-state index contributed by atoms with van der Waals surface area (Å²) in [7, 11) is 0. The van der Waals surface area contributed by atoms with Crippen molar-refractivity contribution in [1.29, 1.82) is 0 Å². The molecule has 0 radical (unpaired) electrons. The molecule has 2 heterocycles. The molecule has 5 heteroatoms. The van der Waals surface area contributed by atoms with E-state index in [4.69, 9.17) is 0 Å². The monoisotopic (exact) mass is 277 g/mol. The van der Waals surface area contributed by atoms with Crippen molar-refractivity contribution in [3.05, 3.63) is 10.6 Å². The highest BCUT2D eigenvalue weighted by Crippen LogP contribution is 2.48. The number of carbonyl (C=O) groups excluding carboxylic acids is 1. The van der Waals surface area contributed by atoms with Gasteiger partial charge in [0.25, 0.3) is 0 Å². The highest BCUT2D eigenvalue weighted by atomic mass is 32.1. The van der Waals surface area contributed by atoms with Crippen molar-refractivity contribution in [1.82, 2.24) is 10.3 Å². The maximum Gasteiger partial charge on any atom is 0.229 e. The summed E-state index contributed by atoms with van der Waals surface area (Å²) < 4.78 is 0. The average molecular weight is 277 g/mol. The van der Waals surface area contributed by atoms with Gasteiger partial charge in [0.15, 0.2) is 5.13 Å². The van der Waals surface area contributed by atoms with Crippen molar-refractivity contribution in [2.75, 3.05) is 11.9 Å². The Balaban J connectivity index is 1.46. The van der Waals surface area contributed by atoms with Crippen LogP contribution in [0.25, 0.3) is 0 Å². The molecule has 102 valence electrons. The number of nitrogens with zero attached hydrogens (tertiary/aromatic N) is 1. The van der Waals surface area contributed by atoms with Crippen LogP contribution < -0.4 is 10.6 Å². The molecular formula is C14H19N3OS. The van der Waals surface area contributed by atoms with Gasteiger partial charge in [0.2, 0.25) is 5.91 Å². The summed E-state index contributed by atoms with van der Waals surface area (Å²) in [6.45, 7) is 1.90. The first-order valence-corrected chi connectivity index (χ1v) is 8.11. The summed E-state index contributed by atoms with van der Waals surface area (Å²) in [5, 5.41) is 7.22. The van der Waals surface area contributed by atoms with Crippen LogP contribution >= 0.6 is 11.3 Å². The topological polar surface area (TPSA) is 54.0 Å². The SMILES string of the molecule is O=C(Nc1nc2c(s1)CNCC2)C1CC2CCC1C2. The summed E-state index contributed by atoms with van der Waals surface area (Å²) in [6, 6.07) is 0. The summed E-state index contributed by atoms with van der Waals surface area (Å²) >= 11 is 1.64. The number of rotatable bonds is 2. The minimum absolute atomic E-state index is 0.214. The number of aromatic nitrogens is 1. The molecule has 1 aliphatic heterocycles. The molecule has 1 aromatic heterocycles. The zero-order chi connectivity index (χ0) is 12.8. The smallest absolute Gasteiger partial charge is 0.229 e. The summed E-state index contributed by atoms with van der Waals surface area (Å²) in [5.41, 5.74) is 1.17. The fourth-order valence-corrected chi connectivity index (χ4v) is 4.92. The number of thiazole rings is 1. The average Bonchev–Trinajstić information content (AvgIpc) is 3.12. The van der Waals surface area contributed by atoms with Gasteiger partial charge in [-0.1, -0.05) is 6.42 Å². The highest BCUT2D eigenvalue weighted by molar-refractivity contribution is 7.15. The van der Waals surface area contributed by atoms with Gasteiger partial charge in [-0.2, -0.15) is 0 Å². The zero-order valence-electron chi connectivity index (χ0n) is 10.9. The van der Waals surface area contributed by atoms with Gasteiger partial charge in [-0.25, -0.2) is 4.98 Å². The van der Waals surface area contributed by atoms with Crippen LogP contribution in [0.15, 0.2) is 0 Å². The van der Waals surface area contributed by atoms with Crippen molar-refractivity contribution in [2.45, 2.75) is 38.6 Å². The zero-order valence-corrected chi connectivity index (χ0v) is 11.8. The van der Waals surface area contributed by atoms with Gasteiger partial charge >= 0.3 is 0 Å². The number of fused-ring (bicyclic) bond motifs is 3. The van der Waals surface area contributed by atoms with Crippen molar-refractivity contribution >= 4 is 22.4 Å². The molecule has 4 nitrogen and oxygen atoms in total. The van der Waals surface area contributed by atoms with E-state index in [1.54, 1.807) is 11.3 Å². The van der Waals surface area contributed by atoms with Crippen molar-refractivity contribution in [3.8, 4) is 0 Å². The van der Waals surface area contributed by atoms with E-state index in [1.807, 2.05) is 0 Å². The number of hydrogen-bond donors (Lipinski definition) is 2. The molecule has 4 rings (SSSR count). The van der Waals surface area contributed by atoms with Crippen LogP contribution in [0.4, 0.5) is 5.13 Å². The van der Waals surface area contributed by atoms with Gasteiger partial charge < -0.3 is 10.6 Å². The molecule has 2 saturated carbocycles. The van der Waals surface area contributed by atoms with Crippen LogP contribution in [-0.2, 0) is 17.8 Å². The normalized spacial score (nSPS) is 32.3. The van der Waals surface area contributed by atoms with Crippen LogP contribution in [0.3, 0.4) is 0 Å². The van der Waals surface area contributed by atoms with Gasteiger partial charge in [-0.05, 0) is 31.1 Å².